The van der Waals surface area contributed by atoms with Crippen molar-refractivity contribution in [2.75, 3.05) is 12.4 Å². The van der Waals surface area contributed by atoms with Crippen molar-refractivity contribution in [3.05, 3.63) is 77.2 Å². The van der Waals surface area contributed by atoms with Gasteiger partial charge in [0, 0.05) is 0 Å². The SMILES string of the molecule is CCCc1ccc(OCc2ccc(C(=O)Nc3cc(C)ccc3OC)o2)cc1. The number of benzene rings is 2. The number of aryl methyl sites for hydroxylation is 2. The Hall–Kier alpha value is -3.21. The average Bonchev–Trinajstić information content (AvgIpc) is 3.17. The quantitative estimate of drug-likeness (QED) is 0.571. The molecule has 0 saturated carbocycles. The van der Waals surface area contributed by atoms with Gasteiger partial charge in [0.25, 0.3) is 5.91 Å². The fraction of sp³-hybridized carbons (Fsp3) is 0.261. The average molecular weight is 379 g/mol. The van der Waals surface area contributed by atoms with Gasteiger partial charge in [-0.3, -0.25) is 4.79 Å². The molecule has 0 fully saturated rings. The maximum absolute atomic E-state index is 12.5. The number of nitrogens with one attached hydrogen (secondary N) is 1. The van der Waals surface area contributed by atoms with Crippen LogP contribution in [0.3, 0.4) is 0 Å². The van der Waals surface area contributed by atoms with Crippen molar-refractivity contribution >= 4 is 11.6 Å². The molecule has 0 saturated heterocycles. The molecule has 0 radical (unpaired) electrons. The van der Waals surface area contributed by atoms with E-state index < -0.39 is 0 Å². The normalized spacial score (nSPS) is 10.5. The van der Waals surface area contributed by atoms with Gasteiger partial charge in [-0.25, -0.2) is 0 Å². The van der Waals surface area contributed by atoms with Gasteiger partial charge in [0.2, 0.25) is 0 Å². The third kappa shape index (κ3) is 4.94. The van der Waals surface area contributed by atoms with Crippen LogP contribution in [0.4, 0.5) is 5.69 Å². The van der Waals surface area contributed by atoms with Crippen LogP contribution in [0.1, 0.15) is 40.8 Å². The molecular weight excluding hydrogens is 354 g/mol. The van der Waals surface area contributed by atoms with E-state index in [0.717, 1.165) is 24.2 Å². The Morgan fingerprint density at radius 1 is 1.07 bits per heavy atom. The van der Waals surface area contributed by atoms with E-state index in [1.807, 2.05) is 37.3 Å². The van der Waals surface area contributed by atoms with Gasteiger partial charge in [0.15, 0.2) is 5.76 Å². The number of hydrogen-bond acceptors (Lipinski definition) is 4. The molecule has 0 aliphatic heterocycles. The summed E-state index contributed by atoms with van der Waals surface area (Å²) in [7, 11) is 1.57. The predicted molar refractivity (Wildman–Crippen MR) is 109 cm³/mol. The zero-order chi connectivity index (χ0) is 19.9. The minimum absolute atomic E-state index is 0.223. The molecule has 0 bridgehead atoms. The van der Waals surface area contributed by atoms with Crippen LogP contribution in [0.2, 0.25) is 0 Å². The minimum atomic E-state index is -0.334. The summed E-state index contributed by atoms with van der Waals surface area (Å²) in [5.41, 5.74) is 2.92. The van der Waals surface area contributed by atoms with Crippen LogP contribution < -0.4 is 14.8 Å². The van der Waals surface area contributed by atoms with E-state index in [1.165, 1.54) is 5.56 Å². The molecule has 1 N–H and O–H groups in total. The fourth-order valence-electron chi connectivity index (χ4n) is 2.88. The Balaban J connectivity index is 1.60. The maximum Gasteiger partial charge on any atom is 0.291 e. The summed E-state index contributed by atoms with van der Waals surface area (Å²) in [4.78, 5) is 12.5. The highest BCUT2D eigenvalue weighted by molar-refractivity contribution is 6.03. The van der Waals surface area contributed by atoms with Gasteiger partial charge >= 0.3 is 0 Å². The zero-order valence-corrected chi connectivity index (χ0v) is 16.5. The second-order valence-corrected chi connectivity index (χ2v) is 6.61. The van der Waals surface area contributed by atoms with Gasteiger partial charge in [0.1, 0.15) is 23.9 Å². The number of ether oxygens (including phenoxy) is 2. The summed E-state index contributed by atoms with van der Waals surface area (Å²) in [6, 6.07) is 17.0. The summed E-state index contributed by atoms with van der Waals surface area (Å²) >= 11 is 0. The second-order valence-electron chi connectivity index (χ2n) is 6.61. The molecule has 146 valence electrons. The van der Waals surface area contributed by atoms with Gasteiger partial charge in [-0.05, 0) is 60.9 Å². The molecule has 0 aliphatic carbocycles. The van der Waals surface area contributed by atoms with Crippen molar-refractivity contribution in [3.8, 4) is 11.5 Å². The lowest BCUT2D eigenvalue weighted by molar-refractivity contribution is 0.0992. The van der Waals surface area contributed by atoms with E-state index in [9.17, 15) is 4.79 Å². The first-order valence-electron chi connectivity index (χ1n) is 9.35. The topological polar surface area (TPSA) is 60.7 Å². The summed E-state index contributed by atoms with van der Waals surface area (Å²) in [6.07, 6.45) is 2.18. The Morgan fingerprint density at radius 3 is 2.57 bits per heavy atom. The predicted octanol–water partition coefficient (Wildman–Crippen LogP) is 5.38. The highest BCUT2D eigenvalue weighted by Crippen LogP contribution is 2.26. The van der Waals surface area contributed by atoms with Crippen molar-refractivity contribution in [1.29, 1.82) is 0 Å². The van der Waals surface area contributed by atoms with Gasteiger partial charge in [-0.15, -0.1) is 0 Å². The van der Waals surface area contributed by atoms with E-state index >= 15 is 0 Å². The number of carbonyl (C=O) groups is 1. The van der Waals surface area contributed by atoms with E-state index in [-0.39, 0.29) is 18.3 Å². The first kappa shape index (κ1) is 19.5. The Morgan fingerprint density at radius 2 is 1.86 bits per heavy atom. The highest BCUT2D eigenvalue weighted by atomic mass is 16.5. The molecule has 28 heavy (non-hydrogen) atoms. The molecule has 0 spiro atoms. The van der Waals surface area contributed by atoms with Crippen LogP contribution in [0.25, 0.3) is 0 Å². The van der Waals surface area contributed by atoms with Crippen LogP contribution in [0, 0.1) is 6.92 Å². The van der Waals surface area contributed by atoms with Crippen molar-refractivity contribution < 1.29 is 18.7 Å². The highest BCUT2D eigenvalue weighted by Gasteiger charge is 2.14. The number of rotatable bonds is 8. The molecule has 0 atom stereocenters. The minimum Gasteiger partial charge on any atom is -0.495 e. The van der Waals surface area contributed by atoms with Gasteiger partial charge in [0.05, 0.1) is 12.8 Å². The van der Waals surface area contributed by atoms with Crippen LogP contribution >= 0.6 is 0 Å². The number of methoxy groups -OCH3 is 1. The smallest absolute Gasteiger partial charge is 0.291 e. The van der Waals surface area contributed by atoms with E-state index in [0.29, 0.717) is 17.2 Å². The Kier molecular flexibility index (Phi) is 6.37. The van der Waals surface area contributed by atoms with Gasteiger partial charge in [-0.1, -0.05) is 31.5 Å². The van der Waals surface area contributed by atoms with E-state index in [2.05, 4.69) is 24.4 Å². The van der Waals surface area contributed by atoms with Gasteiger partial charge in [-0.2, -0.15) is 0 Å². The van der Waals surface area contributed by atoms with Crippen molar-refractivity contribution in [2.24, 2.45) is 0 Å². The molecule has 1 amide bonds. The molecule has 1 aromatic heterocycles. The van der Waals surface area contributed by atoms with Gasteiger partial charge < -0.3 is 19.2 Å². The largest absolute Gasteiger partial charge is 0.495 e. The molecule has 2 aromatic carbocycles. The summed E-state index contributed by atoms with van der Waals surface area (Å²) in [5, 5.41) is 2.83. The van der Waals surface area contributed by atoms with Crippen LogP contribution in [-0.4, -0.2) is 13.0 Å². The first-order valence-corrected chi connectivity index (χ1v) is 9.35. The molecule has 1 heterocycles. The third-order valence-corrected chi connectivity index (χ3v) is 4.33. The number of anilines is 1. The standard InChI is InChI=1S/C23H25NO4/c1-4-5-17-7-9-18(10-8-17)27-15-19-11-13-22(28-19)23(25)24-20-14-16(2)6-12-21(20)26-3/h6-14H,4-5,15H2,1-3H3,(H,24,25). The first-order chi connectivity index (χ1) is 13.6. The molecule has 0 unspecified atom stereocenters. The lowest BCUT2D eigenvalue weighted by Crippen LogP contribution is -2.12. The monoisotopic (exact) mass is 379 g/mol. The maximum atomic E-state index is 12.5. The second kappa shape index (κ2) is 9.13. The lowest BCUT2D eigenvalue weighted by atomic mass is 10.1. The summed E-state index contributed by atoms with van der Waals surface area (Å²) in [5.74, 6) is 1.84. The molecule has 0 aliphatic rings. The Labute approximate surface area is 165 Å². The van der Waals surface area contributed by atoms with Crippen LogP contribution in [-0.2, 0) is 13.0 Å². The van der Waals surface area contributed by atoms with Crippen molar-refractivity contribution in [3.63, 3.8) is 0 Å². The number of furan rings is 1. The molecule has 5 nitrogen and oxygen atoms in total. The zero-order valence-electron chi connectivity index (χ0n) is 16.5. The molecule has 5 heteroatoms. The van der Waals surface area contributed by atoms with Crippen molar-refractivity contribution in [1.82, 2.24) is 0 Å². The number of carbonyl (C=O) groups excluding carboxylic acids is 1. The lowest BCUT2D eigenvalue weighted by Gasteiger charge is -2.10. The van der Waals surface area contributed by atoms with Crippen LogP contribution in [0.15, 0.2) is 59.0 Å². The number of hydrogen-bond donors (Lipinski definition) is 1. The van der Waals surface area contributed by atoms with E-state index in [1.54, 1.807) is 19.2 Å². The third-order valence-electron chi connectivity index (χ3n) is 4.33. The molecule has 3 rings (SSSR count). The van der Waals surface area contributed by atoms with Crippen molar-refractivity contribution in [2.45, 2.75) is 33.3 Å². The van der Waals surface area contributed by atoms with Crippen LogP contribution in [0.5, 0.6) is 11.5 Å². The molecular formula is C23H25NO4. The number of amides is 1. The Bertz CT molecular complexity index is 928. The summed E-state index contributed by atoms with van der Waals surface area (Å²) in [6.45, 7) is 4.37. The fourth-order valence-corrected chi connectivity index (χ4v) is 2.88. The summed E-state index contributed by atoms with van der Waals surface area (Å²) < 4.78 is 16.7. The van der Waals surface area contributed by atoms with E-state index in [4.69, 9.17) is 13.9 Å². The molecule has 3 aromatic rings.